The van der Waals surface area contributed by atoms with Crippen LogP contribution < -0.4 is 16.6 Å². The zero-order chi connectivity index (χ0) is 21.1. The van der Waals surface area contributed by atoms with Crippen LogP contribution in [-0.4, -0.2) is 32.3 Å². The summed E-state index contributed by atoms with van der Waals surface area (Å²) in [6, 6.07) is 0. The molecule has 2 aromatic heterocycles. The quantitative estimate of drug-likeness (QED) is 0.470. The van der Waals surface area contributed by atoms with Crippen molar-refractivity contribution >= 4 is 22.9 Å². The van der Waals surface area contributed by atoms with E-state index in [9.17, 15) is 4.79 Å². The van der Waals surface area contributed by atoms with Crippen molar-refractivity contribution < 1.29 is 9.53 Å². The molecule has 156 valence electrons. The number of nitrogens with two attached hydrogens (primary N) is 1. The van der Waals surface area contributed by atoms with Crippen LogP contribution in [-0.2, 0) is 17.7 Å². The molecule has 0 fully saturated rings. The van der Waals surface area contributed by atoms with Crippen LogP contribution in [0.5, 0.6) is 0 Å². The van der Waals surface area contributed by atoms with Gasteiger partial charge in [-0.3, -0.25) is 0 Å². The molecule has 4 N–H and O–H groups in total. The average molecular weight is 391 g/mol. The van der Waals surface area contributed by atoms with Gasteiger partial charge in [0.15, 0.2) is 5.82 Å². The number of pyridine rings is 1. The minimum absolute atomic E-state index is 0.167. The largest absolute Gasteiger partial charge is 0.447 e. The first kappa shape index (κ1) is 21.9. The number of nitrogens with one attached hydrogen (secondary N) is 2. The van der Waals surface area contributed by atoms with Crippen molar-refractivity contribution in [2.24, 2.45) is 5.84 Å². The van der Waals surface area contributed by atoms with Crippen LogP contribution in [0.1, 0.15) is 64.5 Å². The van der Waals surface area contributed by atoms with E-state index < -0.39 is 11.6 Å². The number of ether oxygens (including phenoxy) is 1. The fourth-order valence-electron chi connectivity index (χ4n) is 3.27. The molecular weight excluding hydrogens is 356 g/mol. The van der Waals surface area contributed by atoms with Crippen molar-refractivity contribution in [3.05, 3.63) is 17.1 Å². The molecular formula is C20H34N6O2. The molecule has 0 atom stereocenters. The number of imidazole rings is 1. The van der Waals surface area contributed by atoms with Gasteiger partial charge in [-0.2, -0.15) is 0 Å². The van der Waals surface area contributed by atoms with Gasteiger partial charge in [-0.05, 0) is 53.5 Å². The second-order valence-corrected chi connectivity index (χ2v) is 8.19. The number of aryl methyl sites for hydroxylation is 3. The summed E-state index contributed by atoms with van der Waals surface area (Å²) in [4.78, 5) is 21.5. The fraction of sp³-hybridized carbons (Fsp3) is 0.650. The molecule has 0 aromatic carbocycles. The highest BCUT2D eigenvalue weighted by Crippen LogP contribution is 2.29. The maximum atomic E-state index is 12.1. The topological polar surface area (TPSA) is 107 Å². The van der Waals surface area contributed by atoms with E-state index in [0.717, 1.165) is 47.4 Å². The van der Waals surface area contributed by atoms with E-state index in [1.54, 1.807) is 0 Å². The van der Waals surface area contributed by atoms with Crippen molar-refractivity contribution in [3.63, 3.8) is 0 Å². The number of hydrogen-bond donors (Lipinski definition) is 3. The third kappa shape index (κ3) is 4.92. The van der Waals surface area contributed by atoms with Crippen LogP contribution in [0, 0.1) is 13.8 Å². The lowest BCUT2D eigenvalue weighted by Gasteiger charge is -2.28. The summed E-state index contributed by atoms with van der Waals surface area (Å²) in [6.07, 6.45) is 2.37. The van der Waals surface area contributed by atoms with Crippen molar-refractivity contribution in [2.75, 3.05) is 5.43 Å². The molecule has 0 saturated carbocycles. The Kier molecular flexibility index (Phi) is 6.87. The predicted molar refractivity (Wildman–Crippen MR) is 112 cm³/mol. The van der Waals surface area contributed by atoms with Crippen molar-refractivity contribution in [1.29, 1.82) is 0 Å². The highest BCUT2D eigenvalue weighted by Gasteiger charge is 2.27. The number of hydrazine groups is 1. The molecule has 2 rings (SSSR count). The van der Waals surface area contributed by atoms with E-state index in [-0.39, 0.29) is 6.10 Å². The van der Waals surface area contributed by atoms with Gasteiger partial charge in [-0.25, -0.2) is 20.6 Å². The number of fused-ring (bicyclic) bond motifs is 1. The normalized spacial score (nSPS) is 11.9. The van der Waals surface area contributed by atoms with E-state index in [1.165, 1.54) is 0 Å². The third-order valence-electron chi connectivity index (χ3n) is 4.68. The van der Waals surface area contributed by atoms with Crippen LogP contribution in [0.3, 0.4) is 0 Å². The zero-order valence-electron chi connectivity index (χ0n) is 18.1. The fourth-order valence-corrected chi connectivity index (χ4v) is 3.27. The van der Waals surface area contributed by atoms with Gasteiger partial charge in [0.1, 0.15) is 11.3 Å². The second kappa shape index (κ2) is 8.77. The Balaban J connectivity index is 2.51. The standard InChI is InChI=1S/C20H34N6O2/c1-8-9-10-15-23-16-17(13(4)14(5)22-18(16)25-21)26(15)11-20(6,7)24-19(27)28-12(2)3/h12H,8-11,21H2,1-7H3,(H,22,25)(H,24,27). The lowest BCUT2D eigenvalue weighted by Crippen LogP contribution is -2.47. The SMILES string of the molecule is CCCCc1nc2c(NN)nc(C)c(C)c2n1CC(C)(C)NC(=O)OC(C)C. The van der Waals surface area contributed by atoms with Crippen molar-refractivity contribution in [3.8, 4) is 0 Å². The number of unbranched alkanes of at least 4 members (excludes halogenated alkanes) is 1. The van der Waals surface area contributed by atoms with Gasteiger partial charge in [0.2, 0.25) is 0 Å². The van der Waals surface area contributed by atoms with E-state index >= 15 is 0 Å². The predicted octanol–water partition coefficient (Wildman–Crippen LogP) is 3.59. The molecule has 0 radical (unpaired) electrons. The molecule has 0 aliphatic carbocycles. The summed E-state index contributed by atoms with van der Waals surface area (Å²) in [7, 11) is 0. The Morgan fingerprint density at radius 3 is 2.54 bits per heavy atom. The maximum Gasteiger partial charge on any atom is 0.407 e. The van der Waals surface area contributed by atoms with Gasteiger partial charge in [0, 0.05) is 18.7 Å². The smallest absolute Gasteiger partial charge is 0.407 e. The van der Waals surface area contributed by atoms with Crippen LogP contribution in [0.25, 0.3) is 11.0 Å². The first-order valence-electron chi connectivity index (χ1n) is 9.91. The van der Waals surface area contributed by atoms with Crippen LogP contribution in [0.4, 0.5) is 10.6 Å². The molecule has 0 saturated heterocycles. The van der Waals surface area contributed by atoms with E-state index in [0.29, 0.717) is 12.4 Å². The zero-order valence-corrected chi connectivity index (χ0v) is 18.1. The Labute approximate surface area is 167 Å². The number of anilines is 1. The van der Waals surface area contributed by atoms with Gasteiger partial charge in [-0.15, -0.1) is 0 Å². The molecule has 2 heterocycles. The van der Waals surface area contributed by atoms with Gasteiger partial charge >= 0.3 is 6.09 Å². The summed E-state index contributed by atoms with van der Waals surface area (Å²) < 4.78 is 7.44. The lowest BCUT2D eigenvalue weighted by atomic mass is 10.1. The number of carbonyl (C=O) groups excluding carboxylic acids is 1. The number of nitrogens with zero attached hydrogens (tertiary/aromatic N) is 3. The van der Waals surface area contributed by atoms with Gasteiger partial charge in [0.25, 0.3) is 0 Å². The summed E-state index contributed by atoms with van der Waals surface area (Å²) in [5.74, 6) is 7.24. The molecule has 0 unspecified atom stereocenters. The molecule has 0 bridgehead atoms. The lowest BCUT2D eigenvalue weighted by molar-refractivity contribution is 0.105. The van der Waals surface area contributed by atoms with Crippen LogP contribution in [0.2, 0.25) is 0 Å². The number of nitrogen functional groups attached to an aromatic ring is 1. The first-order chi connectivity index (χ1) is 13.1. The molecule has 0 spiro atoms. The molecule has 8 heteroatoms. The molecule has 28 heavy (non-hydrogen) atoms. The number of rotatable bonds is 8. The number of aromatic nitrogens is 3. The first-order valence-corrected chi connectivity index (χ1v) is 9.91. The summed E-state index contributed by atoms with van der Waals surface area (Å²) in [5.41, 5.74) is 5.86. The van der Waals surface area contributed by atoms with Crippen molar-refractivity contribution in [1.82, 2.24) is 19.9 Å². The summed E-state index contributed by atoms with van der Waals surface area (Å²) >= 11 is 0. The minimum atomic E-state index is -0.527. The Morgan fingerprint density at radius 2 is 1.96 bits per heavy atom. The molecule has 0 aliphatic rings. The number of amides is 1. The van der Waals surface area contributed by atoms with Gasteiger partial charge in [-0.1, -0.05) is 13.3 Å². The number of alkyl carbamates (subject to hydrolysis) is 1. The van der Waals surface area contributed by atoms with Gasteiger partial charge < -0.3 is 20.0 Å². The van der Waals surface area contributed by atoms with Crippen LogP contribution >= 0.6 is 0 Å². The molecule has 1 amide bonds. The minimum Gasteiger partial charge on any atom is -0.447 e. The highest BCUT2D eigenvalue weighted by molar-refractivity contribution is 5.89. The molecule has 2 aromatic rings. The molecule has 0 aliphatic heterocycles. The van der Waals surface area contributed by atoms with E-state index in [4.69, 9.17) is 15.6 Å². The summed E-state index contributed by atoms with van der Waals surface area (Å²) in [6.45, 7) is 14.3. The number of hydrogen-bond acceptors (Lipinski definition) is 6. The van der Waals surface area contributed by atoms with Crippen molar-refractivity contribution in [2.45, 2.75) is 85.9 Å². The van der Waals surface area contributed by atoms with Gasteiger partial charge in [0.05, 0.1) is 17.2 Å². The molecule has 8 nitrogen and oxygen atoms in total. The monoisotopic (exact) mass is 390 g/mol. The highest BCUT2D eigenvalue weighted by atomic mass is 16.6. The maximum absolute atomic E-state index is 12.1. The Morgan fingerprint density at radius 1 is 1.29 bits per heavy atom. The average Bonchev–Trinajstić information content (AvgIpc) is 2.92. The Hall–Kier alpha value is -2.35. The summed E-state index contributed by atoms with van der Waals surface area (Å²) in [5, 5.41) is 2.97. The second-order valence-electron chi connectivity index (χ2n) is 8.19. The van der Waals surface area contributed by atoms with Crippen LogP contribution in [0.15, 0.2) is 0 Å². The number of carbonyl (C=O) groups is 1. The Bertz CT molecular complexity index is 841. The third-order valence-corrected chi connectivity index (χ3v) is 4.68. The van der Waals surface area contributed by atoms with E-state index in [2.05, 4.69) is 27.2 Å². The van der Waals surface area contributed by atoms with E-state index in [1.807, 2.05) is 41.5 Å².